The van der Waals surface area contributed by atoms with Gasteiger partial charge < -0.3 is 24.1 Å². The minimum Gasteiger partial charge on any atom is -0.385 e. The summed E-state index contributed by atoms with van der Waals surface area (Å²) < 4.78 is 9.08. The van der Waals surface area contributed by atoms with E-state index in [4.69, 9.17) is 21.3 Å². The molecule has 0 aliphatic heterocycles. The van der Waals surface area contributed by atoms with Crippen LogP contribution in [0.3, 0.4) is 0 Å². The van der Waals surface area contributed by atoms with Crippen LogP contribution in [0.1, 0.15) is 23.8 Å². The average molecular weight is 510 g/mol. The van der Waals surface area contributed by atoms with E-state index in [0.29, 0.717) is 19.7 Å². The Morgan fingerprint density at radius 1 is 1.37 bits per heavy atom. The summed E-state index contributed by atoms with van der Waals surface area (Å²) in [6.45, 7) is 4.57. The van der Waals surface area contributed by atoms with Crippen LogP contribution < -0.4 is 5.32 Å². The van der Waals surface area contributed by atoms with Gasteiger partial charge in [-0.25, -0.2) is 4.99 Å². The highest BCUT2D eigenvalue weighted by atomic mass is 127. The highest BCUT2D eigenvalue weighted by molar-refractivity contribution is 14.0. The molecule has 0 unspecified atom stereocenters. The lowest BCUT2D eigenvalue weighted by atomic mass is 10.4. The second-order valence-electron chi connectivity index (χ2n) is 6.25. The fraction of sp³-hybridized carbons (Fsp3) is 0.588. The van der Waals surface area contributed by atoms with Crippen LogP contribution in [-0.2, 0) is 31.9 Å². The largest absolute Gasteiger partial charge is 0.385 e. The highest BCUT2D eigenvalue weighted by Crippen LogP contribution is 2.14. The lowest BCUT2D eigenvalue weighted by molar-refractivity contribution is 0.195. The summed E-state index contributed by atoms with van der Waals surface area (Å²) in [5, 5.41) is 12.4. The third kappa shape index (κ3) is 6.96. The fourth-order valence-corrected chi connectivity index (χ4v) is 2.78. The maximum absolute atomic E-state index is 6.09. The number of nitrogens with zero attached hydrogens (tertiary/aromatic N) is 6. The second-order valence-corrected chi connectivity index (χ2v) is 6.69. The molecule has 0 aromatic carbocycles. The van der Waals surface area contributed by atoms with Crippen molar-refractivity contribution in [2.75, 3.05) is 27.3 Å². The Labute approximate surface area is 183 Å². The van der Waals surface area contributed by atoms with Crippen molar-refractivity contribution in [3.05, 3.63) is 34.6 Å². The van der Waals surface area contributed by atoms with E-state index in [1.807, 2.05) is 49.5 Å². The van der Waals surface area contributed by atoms with Gasteiger partial charge in [0.15, 0.2) is 11.8 Å². The molecule has 0 spiro atoms. The Balaban J connectivity index is 0.00000364. The van der Waals surface area contributed by atoms with Gasteiger partial charge in [-0.15, -0.1) is 34.2 Å². The van der Waals surface area contributed by atoms with Gasteiger partial charge in [-0.2, -0.15) is 0 Å². The van der Waals surface area contributed by atoms with E-state index < -0.39 is 0 Å². The molecule has 8 nitrogen and oxygen atoms in total. The van der Waals surface area contributed by atoms with Crippen molar-refractivity contribution in [2.24, 2.45) is 19.1 Å². The molecule has 2 rings (SSSR count). The van der Waals surface area contributed by atoms with Gasteiger partial charge in [-0.05, 0) is 19.4 Å². The lowest BCUT2D eigenvalue weighted by Gasteiger charge is -2.23. The summed E-state index contributed by atoms with van der Waals surface area (Å²) in [7, 11) is 7.64. The van der Waals surface area contributed by atoms with E-state index in [-0.39, 0.29) is 24.0 Å². The van der Waals surface area contributed by atoms with Gasteiger partial charge >= 0.3 is 0 Å². The molecule has 2 aromatic heterocycles. The van der Waals surface area contributed by atoms with Gasteiger partial charge in [-0.3, -0.25) is 0 Å². The average Bonchev–Trinajstić information content (AvgIpc) is 3.08. The van der Waals surface area contributed by atoms with Gasteiger partial charge in [0.2, 0.25) is 0 Å². The quantitative estimate of drug-likeness (QED) is 0.256. The minimum absolute atomic E-state index is 0. The first-order valence-corrected chi connectivity index (χ1v) is 8.94. The first kappa shape index (κ1) is 23.7. The molecule has 2 aromatic rings. The summed E-state index contributed by atoms with van der Waals surface area (Å²) in [5.74, 6) is 2.50. The molecule has 152 valence electrons. The van der Waals surface area contributed by atoms with Gasteiger partial charge in [0.05, 0.1) is 11.6 Å². The van der Waals surface area contributed by atoms with Crippen LogP contribution in [0.2, 0.25) is 5.02 Å². The molecule has 0 radical (unpaired) electrons. The second kappa shape index (κ2) is 11.5. The van der Waals surface area contributed by atoms with Crippen molar-refractivity contribution in [3.63, 3.8) is 0 Å². The topological polar surface area (TPSA) is 72.5 Å². The monoisotopic (exact) mass is 509 g/mol. The van der Waals surface area contributed by atoms with Crippen molar-refractivity contribution in [3.8, 4) is 0 Å². The van der Waals surface area contributed by atoms with Crippen molar-refractivity contribution in [2.45, 2.75) is 26.4 Å². The van der Waals surface area contributed by atoms with E-state index in [1.165, 1.54) is 0 Å². The van der Waals surface area contributed by atoms with Gasteiger partial charge in [0.25, 0.3) is 0 Å². The number of ether oxygens (including phenoxy) is 1. The number of guanidine groups is 1. The molecule has 0 atom stereocenters. The molecule has 0 amide bonds. The molecule has 2 heterocycles. The molecule has 27 heavy (non-hydrogen) atoms. The Bertz CT molecular complexity index is 744. The zero-order valence-electron chi connectivity index (χ0n) is 16.6. The normalized spacial score (nSPS) is 11.4. The minimum atomic E-state index is 0. The van der Waals surface area contributed by atoms with Crippen LogP contribution in [0.15, 0.2) is 17.3 Å². The summed E-state index contributed by atoms with van der Waals surface area (Å²) in [5.41, 5.74) is 1.11. The van der Waals surface area contributed by atoms with Crippen LogP contribution in [0, 0.1) is 6.92 Å². The zero-order valence-corrected chi connectivity index (χ0v) is 19.7. The number of aryl methyl sites for hydroxylation is 2. The predicted octanol–water partition coefficient (Wildman–Crippen LogP) is 2.35. The lowest BCUT2D eigenvalue weighted by Crippen LogP contribution is -2.39. The first-order chi connectivity index (χ1) is 12.4. The molecule has 0 bridgehead atoms. The maximum Gasteiger partial charge on any atom is 0.194 e. The standard InChI is InChI=1S/C17H28ClN7O.HI/c1-13-21-22-16(25(13)4)10-20-17(19-7-6-8-26-5)24(3)12-15-9-14(18)11-23(15)2;/h9,11H,6-8,10,12H2,1-5H3,(H,19,20);1H. The molecule has 0 aliphatic carbocycles. The molecular formula is C17H29ClIN7O. The van der Waals surface area contributed by atoms with Crippen molar-refractivity contribution < 1.29 is 4.74 Å². The van der Waals surface area contributed by atoms with Crippen LogP contribution >= 0.6 is 35.6 Å². The molecule has 0 saturated heterocycles. The van der Waals surface area contributed by atoms with Gasteiger partial charge in [0, 0.05) is 53.3 Å². The van der Waals surface area contributed by atoms with Gasteiger partial charge in [0.1, 0.15) is 12.4 Å². The Hall–Kier alpha value is -1.33. The number of hydrogen-bond donors (Lipinski definition) is 1. The first-order valence-electron chi connectivity index (χ1n) is 8.56. The predicted molar refractivity (Wildman–Crippen MR) is 119 cm³/mol. The molecule has 0 fully saturated rings. The van der Waals surface area contributed by atoms with Crippen molar-refractivity contribution in [1.82, 2.24) is 29.5 Å². The third-order valence-corrected chi connectivity index (χ3v) is 4.40. The number of aliphatic imine (C=N–C) groups is 1. The number of methoxy groups -OCH3 is 1. The summed E-state index contributed by atoms with van der Waals surface area (Å²) in [4.78, 5) is 6.79. The Morgan fingerprint density at radius 2 is 2.11 bits per heavy atom. The van der Waals surface area contributed by atoms with E-state index >= 15 is 0 Å². The van der Waals surface area contributed by atoms with Crippen molar-refractivity contribution >= 4 is 41.5 Å². The van der Waals surface area contributed by atoms with E-state index in [0.717, 1.165) is 41.3 Å². The molecule has 10 heteroatoms. The zero-order chi connectivity index (χ0) is 19.1. The van der Waals surface area contributed by atoms with Crippen LogP contribution in [0.25, 0.3) is 0 Å². The maximum atomic E-state index is 6.09. The molecule has 0 aliphatic rings. The third-order valence-electron chi connectivity index (χ3n) is 4.20. The van der Waals surface area contributed by atoms with Crippen LogP contribution in [-0.4, -0.2) is 57.5 Å². The number of aromatic nitrogens is 4. The highest BCUT2D eigenvalue weighted by Gasteiger charge is 2.11. The van der Waals surface area contributed by atoms with Crippen molar-refractivity contribution in [1.29, 1.82) is 0 Å². The van der Waals surface area contributed by atoms with Gasteiger partial charge in [-0.1, -0.05) is 11.6 Å². The van der Waals surface area contributed by atoms with Crippen LogP contribution in [0.5, 0.6) is 0 Å². The molecule has 1 N–H and O–H groups in total. The number of halogens is 2. The van der Waals surface area contributed by atoms with E-state index in [2.05, 4.69) is 20.4 Å². The SMILES string of the molecule is COCCCNC(=NCc1nnc(C)n1C)N(C)Cc1cc(Cl)cn1C.I. The fourth-order valence-electron chi connectivity index (χ4n) is 2.50. The van der Waals surface area contributed by atoms with Crippen LogP contribution in [0.4, 0.5) is 0 Å². The van der Waals surface area contributed by atoms with E-state index in [1.54, 1.807) is 7.11 Å². The summed E-state index contributed by atoms with van der Waals surface area (Å²) in [6, 6.07) is 1.96. The number of hydrogen-bond acceptors (Lipinski definition) is 4. The number of nitrogens with one attached hydrogen (secondary N) is 1. The summed E-state index contributed by atoms with van der Waals surface area (Å²) in [6.07, 6.45) is 2.80. The van der Waals surface area contributed by atoms with E-state index in [9.17, 15) is 0 Å². The molecular weight excluding hydrogens is 481 g/mol. The smallest absolute Gasteiger partial charge is 0.194 e. The Morgan fingerprint density at radius 3 is 2.67 bits per heavy atom. The summed E-state index contributed by atoms with van der Waals surface area (Å²) >= 11 is 6.09. The Kier molecular flexibility index (Phi) is 10.1. The molecule has 0 saturated carbocycles. The number of rotatable bonds is 8.